The average molecular weight is 296 g/mol. The Bertz CT molecular complexity index is 461. The molecule has 1 aromatic rings. The Morgan fingerprint density at radius 1 is 1.55 bits per heavy atom. The zero-order chi connectivity index (χ0) is 14.5. The number of nitrogens with two attached hydrogens (primary N) is 1. The molecule has 1 fully saturated rings. The summed E-state index contributed by atoms with van der Waals surface area (Å²) < 4.78 is 4.70. The fraction of sp³-hybridized carbons (Fsp3) is 0.571. The number of ether oxygens (including phenoxy) is 1. The van der Waals surface area contributed by atoms with Crippen molar-refractivity contribution in [2.45, 2.75) is 37.8 Å². The molecule has 1 aliphatic carbocycles. The predicted octanol–water partition coefficient (Wildman–Crippen LogP) is 1.60. The van der Waals surface area contributed by atoms with Crippen molar-refractivity contribution in [2.75, 3.05) is 7.11 Å². The molecule has 1 heterocycles. The van der Waals surface area contributed by atoms with Gasteiger partial charge >= 0.3 is 5.97 Å². The lowest BCUT2D eigenvalue weighted by Crippen LogP contribution is -2.34. The second-order valence-electron chi connectivity index (χ2n) is 5.13. The summed E-state index contributed by atoms with van der Waals surface area (Å²) in [5.41, 5.74) is 5.84. The molecule has 0 bridgehead atoms. The molecule has 0 aliphatic heterocycles. The van der Waals surface area contributed by atoms with Crippen LogP contribution in [0, 0.1) is 5.92 Å². The van der Waals surface area contributed by atoms with E-state index in [0.717, 1.165) is 24.1 Å². The molecule has 110 valence electrons. The monoisotopic (exact) mass is 296 g/mol. The van der Waals surface area contributed by atoms with Gasteiger partial charge in [-0.2, -0.15) is 0 Å². The molecule has 1 amide bonds. The highest BCUT2D eigenvalue weighted by molar-refractivity contribution is 7.10. The number of nitrogens with one attached hydrogen (secondary N) is 1. The van der Waals surface area contributed by atoms with Crippen molar-refractivity contribution >= 4 is 23.2 Å². The van der Waals surface area contributed by atoms with Gasteiger partial charge in [0.1, 0.15) is 0 Å². The minimum Gasteiger partial charge on any atom is -0.469 e. The fourth-order valence-corrected chi connectivity index (χ4v) is 3.28. The number of thiophene rings is 1. The zero-order valence-corrected chi connectivity index (χ0v) is 12.3. The van der Waals surface area contributed by atoms with Crippen LogP contribution in [0.3, 0.4) is 0 Å². The predicted molar refractivity (Wildman–Crippen MR) is 77.2 cm³/mol. The van der Waals surface area contributed by atoms with E-state index < -0.39 is 0 Å². The highest BCUT2D eigenvalue weighted by Crippen LogP contribution is 2.27. The summed E-state index contributed by atoms with van der Waals surface area (Å²) in [6.07, 6.45) is 2.59. The molecule has 5 nitrogen and oxygen atoms in total. The number of amides is 1. The van der Waals surface area contributed by atoms with Crippen molar-refractivity contribution in [1.29, 1.82) is 0 Å². The summed E-state index contributed by atoms with van der Waals surface area (Å²) in [5, 5.41) is 4.89. The lowest BCUT2D eigenvalue weighted by Gasteiger charge is -2.19. The number of hydrogen-bond acceptors (Lipinski definition) is 5. The van der Waals surface area contributed by atoms with Gasteiger partial charge in [0.15, 0.2) is 0 Å². The van der Waals surface area contributed by atoms with Gasteiger partial charge in [-0.3, -0.25) is 9.59 Å². The highest BCUT2D eigenvalue weighted by atomic mass is 32.1. The third kappa shape index (κ3) is 3.80. The third-order valence-corrected chi connectivity index (χ3v) is 4.63. The Morgan fingerprint density at radius 2 is 2.35 bits per heavy atom. The molecule has 0 saturated heterocycles. The summed E-state index contributed by atoms with van der Waals surface area (Å²) in [4.78, 5) is 24.7. The molecule has 0 spiro atoms. The van der Waals surface area contributed by atoms with Crippen LogP contribution in [0.15, 0.2) is 17.5 Å². The zero-order valence-electron chi connectivity index (χ0n) is 11.5. The van der Waals surface area contributed by atoms with E-state index in [-0.39, 0.29) is 36.3 Å². The highest BCUT2D eigenvalue weighted by Gasteiger charge is 2.30. The van der Waals surface area contributed by atoms with Crippen LogP contribution >= 0.6 is 11.3 Å². The number of rotatable bonds is 5. The second kappa shape index (κ2) is 6.85. The molecule has 3 N–H and O–H groups in total. The number of methoxy groups -OCH3 is 1. The molecular weight excluding hydrogens is 276 g/mol. The Balaban J connectivity index is 2.00. The van der Waals surface area contributed by atoms with Crippen molar-refractivity contribution in [2.24, 2.45) is 11.7 Å². The standard InChI is InChI=1S/C14H20N2O3S/c1-19-13(17)8-11(12-3-2-6-20-12)16-14(18)9-4-5-10(15)7-9/h2-3,6,9-11H,4-5,7-8,15H2,1H3,(H,16,18). The van der Waals surface area contributed by atoms with Gasteiger partial charge in [-0.1, -0.05) is 6.07 Å². The normalized spacial score (nSPS) is 23.3. The van der Waals surface area contributed by atoms with Crippen LogP contribution in [-0.4, -0.2) is 25.0 Å². The van der Waals surface area contributed by atoms with E-state index in [9.17, 15) is 9.59 Å². The first kappa shape index (κ1) is 15.0. The van der Waals surface area contributed by atoms with Gasteiger partial charge < -0.3 is 15.8 Å². The fourth-order valence-electron chi connectivity index (χ4n) is 2.51. The number of carbonyl (C=O) groups is 2. The van der Waals surface area contributed by atoms with Gasteiger partial charge in [0.2, 0.25) is 5.91 Å². The average Bonchev–Trinajstić information content (AvgIpc) is 3.08. The number of carbonyl (C=O) groups excluding carboxylic acids is 2. The van der Waals surface area contributed by atoms with Gasteiger partial charge in [0.05, 0.1) is 19.6 Å². The van der Waals surface area contributed by atoms with E-state index in [4.69, 9.17) is 10.5 Å². The molecule has 20 heavy (non-hydrogen) atoms. The van der Waals surface area contributed by atoms with Crippen LogP contribution in [0.2, 0.25) is 0 Å². The van der Waals surface area contributed by atoms with Crippen molar-refractivity contribution in [3.05, 3.63) is 22.4 Å². The topological polar surface area (TPSA) is 81.4 Å². The van der Waals surface area contributed by atoms with E-state index in [2.05, 4.69) is 5.32 Å². The van der Waals surface area contributed by atoms with Gasteiger partial charge in [0, 0.05) is 16.8 Å². The Hall–Kier alpha value is -1.40. The molecule has 3 unspecified atom stereocenters. The Labute approximate surface area is 122 Å². The van der Waals surface area contributed by atoms with Crippen LogP contribution in [-0.2, 0) is 14.3 Å². The lowest BCUT2D eigenvalue weighted by atomic mass is 10.1. The maximum Gasteiger partial charge on any atom is 0.307 e. The quantitative estimate of drug-likeness (QED) is 0.809. The summed E-state index contributed by atoms with van der Waals surface area (Å²) in [6, 6.07) is 3.62. The molecule has 1 aliphatic rings. The van der Waals surface area contributed by atoms with Gasteiger partial charge in [-0.25, -0.2) is 0 Å². The Kier molecular flexibility index (Phi) is 5.14. The lowest BCUT2D eigenvalue weighted by molar-refractivity contribution is -0.141. The van der Waals surface area contributed by atoms with E-state index in [1.807, 2.05) is 17.5 Å². The molecule has 3 atom stereocenters. The van der Waals surface area contributed by atoms with Gasteiger partial charge in [-0.05, 0) is 30.7 Å². The smallest absolute Gasteiger partial charge is 0.307 e. The second-order valence-corrected chi connectivity index (χ2v) is 6.11. The molecule has 1 saturated carbocycles. The maximum absolute atomic E-state index is 12.3. The van der Waals surface area contributed by atoms with Gasteiger partial charge in [0.25, 0.3) is 0 Å². The summed E-state index contributed by atoms with van der Waals surface area (Å²) >= 11 is 1.52. The Morgan fingerprint density at radius 3 is 2.90 bits per heavy atom. The van der Waals surface area contributed by atoms with Crippen molar-refractivity contribution < 1.29 is 14.3 Å². The number of esters is 1. The van der Waals surface area contributed by atoms with Crippen molar-refractivity contribution in [3.63, 3.8) is 0 Å². The minimum absolute atomic E-state index is 0.0137. The summed E-state index contributed by atoms with van der Waals surface area (Å²) in [7, 11) is 1.35. The van der Waals surface area contributed by atoms with Crippen LogP contribution in [0.25, 0.3) is 0 Å². The molecular formula is C14H20N2O3S. The molecule has 6 heteroatoms. The van der Waals surface area contributed by atoms with E-state index in [1.54, 1.807) is 0 Å². The SMILES string of the molecule is COC(=O)CC(NC(=O)C1CCC(N)C1)c1cccs1. The van der Waals surface area contributed by atoms with Crippen molar-refractivity contribution in [1.82, 2.24) is 5.32 Å². The molecule has 2 rings (SSSR count). The third-order valence-electron chi connectivity index (χ3n) is 3.65. The largest absolute Gasteiger partial charge is 0.469 e. The van der Waals surface area contributed by atoms with Crippen LogP contribution in [0.4, 0.5) is 0 Å². The molecule has 0 radical (unpaired) electrons. The van der Waals surface area contributed by atoms with E-state index in [1.165, 1.54) is 18.4 Å². The van der Waals surface area contributed by atoms with Gasteiger partial charge in [-0.15, -0.1) is 11.3 Å². The first-order chi connectivity index (χ1) is 9.60. The summed E-state index contributed by atoms with van der Waals surface area (Å²) in [5.74, 6) is -0.378. The first-order valence-electron chi connectivity index (χ1n) is 6.76. The first-order valence-corrected chi connectivity index (χ1v) is 7.64. The van der Waals surface area contributed by atoms with Crippen LogP contribution in [0.5, 0.6) is 0 Å². The van der Waals surface area contributed by atoms with Crippen LogP contribution < -0.4 is 11.1 Å². The van der Waals surface area contributed by atoms with Crippen LogP contribution in [0.1, 0.15) is 36.6 Å². The molecule has 1 aromatic heterocycles. The maximum atomic E-state index is 12.3. The van der Waals surface area contributed by atoms with E-state index in [0.29, 0.717) is 0 Å². The van der Waals surface area contributed by atoms with Crippen molar-refractivity contribution in [3.8, 4) is 0 Å². The summed E-state index contributed by atoms with van der Waals surface area (Å²) in [6.45, 7) is 0. The molecule has 0 aromatic carbocycles. The number of hydrogen-bond donors (Lipinski definition) is 2. The van der Waals surface area contributed by atoms with E-state index >= 15 is 0 Å². The minimum atomic E-state index is -0.327.